The van der Waals surface area contributed by atoms with Crippen LogP contribution in [0.1, 0.15) is 15.9 Å². The number of hydrogen-bond donors (Lipinski definition) is 2. The molecule has 0 aliphatic rings. The van der Waals surface area contributed by atoms with Gasteiger partial charge in [0.2, 0.25) is 5.88 Å². The van der Waals surface area contributed by atoms with Crippen LogP contribution in [0.25, 0.3) is 0 Å². The Balaban J connectivity index is 1.67. The average Bonchev–Trinajstić information content (AvgIpc) is 2.74. The molecule has 1 aromatic heterocycles. The number of rotatable bonds is 7. The van der Waals surface area contributed by atoms with Crippen molar-refractivity contribution in [2.24, 2.45) is 0 Å². The predicted octanol–water partition coefficient (Wildman–Crippen LogP) is 2.96. The summed E-state index contributed by atoms with van der Waals surface area (Å²) in [7, 11) is -2.37. The number of anilines is 1. The Bertz CT molecular complexity index is 1100. The Morgan fingerprint density at radius 1 is 1.07 bits per heavy atom. The van der Waals surface area contributed by atoms with E-state index in [1.54, 1.807) is 18.3 Å². The van der Waals surface area contributed by atoms with E-state index in [-0.39, 0.29) is 23.0 Å². The first kappa shape index (κ1) is 20.3. The fourth-order valence-electron chi connectivity index (χ4n) is 2.54. The quantitative estimate of drug-likeness (QED) is 0.618. The number of methoxy groups -OCH3 is 1. The first-order chi connectivity index (χ1) is 13.9. The molecule has 2 aromatic carbocycles. The lowest BCUT2D eigenvalue weighted by atomic mass is 10.2. The van der Waals surface area contributed by atoms with Crippen molar-refractivity contribution in [2.45, 2.75) is 11.4 Å². The Morgan fingerprint density at radius 3 is 2.41 bits per heavy atom. The maximum absolute atomic E-state index is 13.0. The SMILES string of the molecule is COc1ncccc1CNC(=O)c1ccc(S(=O)(=O)Nc2ccc(F)cc2)cc1. The number of benzene rings is 2. The van der Waals surface area contributed by atoms with Gasteiger partial charge in [-0.2, -0.15) is 0 Å². The van der Waals surface area contributed by atoms with Crippen LogP contribution >= 0.6 is 0 Å². The standard InChI is InChI=1S/C20H18FN3O4S/c1-28-20-15(3-2-12-22-20)13-23-19(25)14-4-10-18(11-5-14)29(26,27)24-17-8-6-16(21)7-9-17/h2-12,24H,13H2,1H3,(H,23,25). The van der Waals surface area contributed by atoms with E-state index in [0.717, 1.165) is 12.1 Å². The van der Waals surface area contributed by atoms with Gasteiger partial charge in [-0.25, -0.2) is 17.8 Å². The van der Waals surface area contributed by atoms with E-state index in [1.807, 2.05) is 0 Å². The summed E-state index contributed by atoms with van der Waals surface area (Å²) in [6, 6.07) is 13.9. The summed E-state index contributed by atoms with van der Waals surface area (Å²) in [5.74, 6) is -0.417. The van der Waals surface area contributed by atoms with Crippen LogP contribution in [-0.2, 0) is 16.6 Å². The number of carbonyl (C=O) groups excluding carboxylic acids is 1. The van der Waals surface area contributed by atoms with Gasteiger partial charge in [0.1, 0.15) is 5.82 Å². The molecule has 3 rings (SSSR count). The van der Waals surface area contributed by atoms with E-state index >= 15 is 0 Å². The minimum atomic E-state index is -3.86. The van der Waals surface area contributed by atoms with Crippen molar-refractivity contribution < 1.29 is 22.3 Å². The van der Waals surface area contributed by atoms with Crippen molar-refractivity contribution in [3.63, 3.8) is 0 Å². The molecule has 0 saturated heterocycles. The van der Waals surface area contributed by atoms with Crippen LogP contribution in [0, 0.1) is 5.82 Å². The number of hydrogen-bond acceptors (Lipinski definition) is 5. The molecule has 0 bridgehead atoms. The molecule has 9 heteroatoms. The number of aromatic nitrogens is 1. The Kier molecular flexibility index (Phi) is 6.08. The highest BCUT2D eigenvalue weighted by molar-refractivity contribution is 7.92. The molecule has 7 nitrogen and oxygen atoms in total. The van der Waals surface area contributed by atoms with Crippen molar-refractivity contribution in [3.05, 3.63) is 83.8 Å². The smallest absolute Gasteiger partial charge is 0.261 e. The highest BCUT2D eigenvalue weighted by Crippen LogP contribution is 2.17. The van der Waals surface area contributed by atoms with Crippen molar-refractivity contribution in [2.75, 3.05) is 11.8 Å². The lowest BCUT2D eigenvalue weighted by Gasteiger charge is -2.10. The third kappa shape index (κ3) is 5.08. The third-order valence-corrected chi connectivity index (χ3v) is 5.40. The molecule has 0 aliphatic carbocycles. The second-order valence-electron chi connectivity index (χ2n) is 5.99. The monoisotopic (exact) mass is 415 g/mol. The first-order valence-corrected chi connectivity index (χ1v) is 10.0. The number of carbonyl (C=O) groups is 1. The maximum Gasteiger partial charge on any atom is 0.261 e. The zero-order valence-corrected chi connectivity index (χ0v) is 16.2. The molecular weight excluding hydrogens is 397 g/mol. The highest BCUT2D eigenvalue weighted by atomic mass is 32.2. The zero-order valence-electron chi connectivity index (χ0n) is 15.4. The van der Waals surface area contributed by atoms with Gasteiger partial charge in [-0.05, 0) is 54.6 Å². The lowest BCUT2D eigenvalue weighted by Crippen LogP contribution is -2.23. The van der Waals surface area contributed by atoms with E-state index in [1.165, 1.54) is 43.5 Å². The van der Waals surface area contributed by atoms with Crippen molar-refractivity contribution in [1.29, 1.82) is 0 Å². The zero-order chi connectivity index (χ0) is 20.9. The largest absolute Gasteiger partial charge is 0.481 e. The summed E-state index contributed by atoms with van der Waals surface area (Å²) in [5, 5.41) is 2.73. The lowest BCUT2D eigenvalue weighted by molar-refractivity contribution is 0.0950. The number of ether oxygens (including phenoxy) is 1. The van der Waals surface area contributed by atoms with E-state index in [9.17, 15) is 17.6 Å². The highest BCUT2D eigenvalue weighted by Gasteiger charge is 2.15. The summed E-state index contributed by atoms with van der Waals surface area (Å²) in [4.78, 5) is 16.4. The number of sulfonamides is 1. The molecule has 0 atom stereocenters. The topological polar surface area (TPSA) is 97.4 Å². The third-order valence-electron chi connectivity index (χ3n) is 4.01. The molecule has 0 spiro atoms. The van der Waals surface area contributed by atoms with Crippen LogP contribution in [0.2, 0.25) is 0 Å². The normalized spacial score (nSPS) is 11.0. The van der Waals surface area contributed by atoms with Gasteiger partial charge in [0.25, 0.3) is 15.9 Å². The van der Waals surface area contributed by atoms with Crippen LogP contribution in [0.5, 0.6) is 5.88 Å². The Labute approximate surface area is 167 Å². The first-order valence-electron chi connectivity index (χ1n) is 8.53. The van der Waals surface area contributed by atoms with E-state index < -0.39 is 15.8 Å². The van der Waals surface area contributed by atoms with Crippen molar-refractivity contribution >= 4 is 21.6 Å². The summed E-state index contributed by atoms with van der Waals surface area (Å²) in [6.07, 6.45) is 1.59. The maximum atomic E-state index is 13.0. The van der Waals surface area contributed by atoms with Crippen molar-refractivity contribution in [1.82, 2.24) is 10.3 Å². The minimum absolute atomic E-state index is 0.0210. The molecule has 0 radical (unpaired) electrons. The molecular formula is C20H18FN3O4S. The number of amides is 1. The second kappa shape index (κ2) is 8.70. The molecule has 2 N–H and O–H groups in total. The Morgan fingerprint density at radius 2 is 1.76 bits per heavy atom. The van der Waals surface area contributed by atoms with Gasteiger partial charge in [0.05, 0.1) is 12.0 Å². The van der Waals surface area contributed by atoms with Gasteiger partial charge in [-0.3, -0.25) is 9.52 Å². The predicted molar refractivity (Wildman–Crippen MR) is 106 cm³/mol. The number of nitrogens with one attached hydrogen (secondary N) is 2. The summed E-state index contributed by atoms with van der Waals surface area (Å²) in [6.45, 7) is 0.210. The van der Waals surface area contributed by atoms with Crippen LogP contribution < -0.4 is 14.8 Å². The number of nitrogens with zero attached hydrogens (tertiary/aromatic N) is 1. The van der Waals surface area contributed by atoms with Gasteiger partial charge in [0.15, 0.2) is 0 Å². The Hall–Kier alpha value is -3.46. The van der Waals surface area contributed by atoms with Gasteiger partial charge >= 0.3 is 0 Å². The fourth-order valence-corrected chi connectivity index (χ4v) is 3.60. The summed E-state index contributed by atoms with van der Waals surface area (Å²) in [5.41, 5.74) is 1.25. The molecule has 0 saturated carbocycles. The van der Waals surface area contributed by atoms with E-state index in [4.69, 9.17) is 4.74 Å². The molecule has 1 heterocycles. The number of pyridine rings is 1. The van der Waals surface area contributed by atoms with E-state index in [0.29, 0.717) is 17.0 Å². The number of halogens is 1. The molecule has 3 aromatic rings. The van der Waals surface area contributed by atoms with Crippen LogP contribution in [0.3, 0.4) is 0 Å². The molecule has 0 unspecified atom stereocenters. The van der Waals surface area contributed by atoms with Gasteiger partial charge in [-0.1, -0.05) is 6.07 Å². The molecule has 0 aliphatic heterocycles. The van der Waals surface area contributed by atoms with Crippen LogP contribution in [-0.4, -0.2) is 26.4 Å². The van der Waals surface area contributed by atoms with Gasteiger partial charge < -0.3 is 10.1 Å². The minimum Gasteiger partial charge on any atom is -0.481 e. The second-order valence-corrected chi connectivity index (χ2v) is 7.67. The fraction of sp³-hybridized carbons (Fsp3) is 0.100. The molecule has 0 fully saturated rings. The van der Waals surface area contributed by atoms with Gasteiger partial charge in [-0.15, -0.1) is 0 Å². The van der Waals surface area contributed by atoms with Crippen LogP contribution in [0.15, 0.2) is 71.8 Å². The van der Waals surface area contributed by atoms with Crippen molar-refractivity contribution in [3.8, 4) is 5.88 Å². The molecule has 1 amide bonds. The average molecular weight is 415 g/mol. The summed E-state index contributed by atoms with van der Waals surface area (Å²) >= 11 is 0. The molecule has 150 valence electrons. The molecule has 29 heavy (non-hydrogen) atoms. The van der Waals surface area contributed by atoms with Crippen LogP contribution in [0.4, 0.5) is 10.1 Å². The van der Waals surface area contributed by atoms with E-state index in [2.05, 4.69) is 15.0 Å². The summed E-state index contributed by atoms with van der Waals surface area (Å²) < 4.78 is 45.3. The van der Waals surface area contributed by atoms with Gasteiger partial charge in [0, 0.05) is 29.6 Å².